The Morgan fingerprint density at radius 3 is 2.75 bits per heavy atom. The smallest absolute Gasteiger partial charge is 0.258 e. The van der Waals surface area contributed by atoms with Crippen molar-refractivity contribution in [2.24, 2.45) is 0 Å². The van der Waals surface area contributed by atoms with Crippen LogP contribution in [0.1, 0.15) is 18.4 Å². The summed E-state index contributed by atoms with van der Waals surface area (Å²) in [7, 11) is 0. The zero-order valence-corrected chi connectivity index (χ0v) is 15.4. The molecule has 6 heteroatoms. The number of fused-ring (bicyclic) bond motifs is 1. The van der Waals surface area contributed by atoms with Gasteiger partial charge >= 0.3 is 0 Å². The maximum Gasteiger partial charge on any atom is 0.258 e. The Balaban J connectivity index is 1.41. The number of nitrogens with one attached hydrogen (secondary N) is 1. The molecule has 4 aromatic rings. The van der Waals surface area contributed by atoms with Gasteiger partial charge in [0.05, 0.1) is 12.7 Å². The van der Waals surface area contributed by atoms with Gasteiger partial charge < -0.3 is 19.0 Å². The molecule has 1 N–H and O–H groups in total. The van der Waals surface area contributed by atoms with Gasteiger partial charge in [-0.1, -0.05) is 41.6 Å². The fourth-order valence-electron chi connectivity index (χ4n) is 3.60. The zero-order valence-electron chi connectivity index (χ0n) is 15.4. The minimum Gasteiger partial charge on any atom is -0.381 e. The van der Waals surface area contributed by atoms with Crippen LogP contribution in [0.3, 0.4) is 0 Å². The van der Waals surface area contributed by atoms with Crippen molar-refractivity contribution < 1.29 is 14.0 Å². The van der Waals surface area contributed by atoms with E-state index < -0.39 is 0 Å². The van der Waals surface area contributed by atoms with E-state index >= 15 is 0 Å². The standard InChI is InChI=1S/C22H21N3O3/c1-2-6-17(15(5-1)14-27-16-9-11-26-12-10-16)22-24-21(25-28-22)19-13-23-20-8-4-3-7-18(19)20/h1-8,13,16,23H,9-12,14H2. The van der Waals surface area contributed by atoms with Crippen molar-refractivity contribution in [3.05, 3.63) is 60.3 Å². The number of nitrogens with zero attached hydrogens (tertiary/aromatic N) is 2. The van der Waals surface area contributed by atoms with Gasteiger partial charge in [0.15, 0.2) is 0 Å². The van der Waals surface area contributed by atoms with E-state index in [9.17, 15) is 0 Å². The summed E-state index contributed by atoms with van der Waals surface area (Å²) in [4.78, 5) is 7.91. The predicted molar refractivity (Wildman–Crippen MR) is 106 cm³/mol. The van der Waals surface area contributed by atoms with E-state index in [1.54, 1.807) is 0 Å². The SMILES string of the molecule is c1ccc(-c2nc(-c3c[nH]c4ccccc34)no2)c(COC2CCOCC2)c1. The average molecular weight is 375 g/mol. The van der Waals surface area contributed by atoms with Crippen molar-refractivity contribution in [3.8, 4) is 22.8 Å². The molecule has 2 aromatic carbocycles. The molecule has 1 aliphatic heterocycles. The molecule has 3 heterocycles. The first-order valence-electron chi connectivity index (χ1n) is 9.56. The summed E-state index contributed by atoms with van der Waals surface area (Å²) in [6, 6.07) is 16.1. The summed E-state index contributed by atoms with van der Waals surface area (Å²) in [6.07, 6.45) is 4.03. The molecule has 1 fully saturated rings. The first-order valence-corrected chi connectivity index (χ1v) is 9.56. The molecule has 2 aromatic heterocycles. The third-order valence-corrected chi connectivity index (χ3v) is 5.15. The van der Waals surface area contributed by atoms with Gasteiger partial charge in [0.2, 0.25) is 5.82 Å². The number of para-hydroxylation sites is 1. The van der Waals surface area contributed by atoms with Crippen molar-refractivity contribution in [1.29, 1.82) is 0 Å². The fourth-order valence-corrected chi connectivity index (χ4v) is 3.60. The first kappa shape index (κ1) is 17.2. The second-order valence-electron chi connectivity index (χ2n) is 6.95. The van der Waals surface area contributed by atoms with Gasteiger partial charge in [-0.05, 0) is 30.5 Å². The molecule has 0 bridgehead atoms. The van der Waals surface area contributed by atoms with Crippen LogP contribution in [0.2, 0.25) is 0 Å². The molecule has 1 aliphatic rings. The van der Waals surface area contributed by atoms with Gasteiger partial charge in [0, 0.05) is 41.4 Å². The second-order valence-corrected chi connectivity index (χ2v) is 6.95. The number of H-pyrrole nitrogens is 1. The molecule has 28 heavy (non-hydrogen) atoms. The maximum atomic E-state index is 6.09. The highest BCUT2D eigenvalue weighted by Crippen LogP contribution is 2.30. The predicted octanol–water partition coefficient (Wildman–Crippen LogP) is 4.58. The topological polar surface area (TPSA) is 73.2 Å². The van der Waals surface area contributed by atoms with Crippen LogP contribution in [0.5, 0.6) is 0 Å². The van der Waals surface area contributed by atoms with Crippen LogP contribution in [0.15, 0.2) is 59.3 Å². The largest absolute Gasteiger partial charge is 0.381 e. The number of ether oxygens (including phenoxy) is 2. The molecule has 0 spiro atoms. The molecule has 0 radical (unpaired) electrons. The summed E-state index contributed by atoms with van der Waals surface area (Å²) in [5.41, 5.74) is 3.94. The van der Waals surface area contributed by atoms with E-state index in [4.69, 9.17) is 14.0 Å². The fraction of sp³-hybridized carbons (Fsp3) is 0.273. The zero-order chi connectivity index (χ0) is 18.8. The minimum absolute atomic E-state index is 0.242. The van der Waals surface area contributed by atoms with Crippen LogP contribution >= 0.6 is 0 Å². The van der Waals surface area contributed by atoms with Crippen LogP contribution in [-0.4, -0.2) is 34.4 Å². The number of hydrogen-bond donors (Lipinski definition) is 1. The Hall–Kier alpha value is -2.96. The third-order valence-electron chi connectivity index (χ3n) is 5.15. The van der Waals surface area contributed by atoms with Crippen molar-refractivity contribution in [2.75, 3.05) is 13.2 Å². The lowest BCUT2D eigenvalue weighted by atomic mass is 10.1. The summed E-state index contributed by atoms with van der Waals surface area (Å²) in [5, 5.41) is 5.29. The third kappa shape index (κ3) is 3.32. The molecule has 0 amide bonds. The van der Waals surface area contributed by atoms with Gasteiger partial charge in [-0.25, -0.2) is 0 Å². The normalized spacial score (nSPS) is 15.3. The molecule has 5 rings (SSSR count). The molecule has 0 unspecified atom stereocenters. The van der Waals surface area contributed by atoms with Gasteiger partial charge in [0.25, 0.3) is 5.89 Å². The number of benzene rings is 2. The monoisotopic (exact) mass is 375 g/mol. The van der Waals surface area contributed by atoms with Gasteiger partial charge in [-0.3, -0.25) is 0 Å². The summed E-state index contributed by atoms with van der Waals surface area (Å²) in [6.45, 7) is 2.06. The Morgan fingerprint density at radius 1 is 1.00 bits per heavy atom. The number of aromatic amines is 1. The quantitative estimate of drug-likeness (QED) is 0.553. The van der Waals surface area contributed by atoms with E-state index in [0.29, 0.717) is 18.3 Å². The average Bonchev–Trinajstić information content (AvgIpc) is 3.40. The molecule has 0 aliphatic carbocycles. The lowest BCUT2D eigenvalue weighted by Crippen LogP contribution is -2.23. The van der Waals surface area contributed by atoms with Crippen molar-refractivity contribution >= 4 is 10.9 Å². The second kappa shape index (κ2) is 7.58. The highest BCUT2D eigenvalue weighted by molar-refractivity contribution is 5.93. The van der Waals surface area contributed by atoms with Crippen LogP contribution in [0.4, 0.5) is 0 Å². The number of rotatable bonds is 5. The summed E-state index contributed by atoms with van der Waals surface area (Å²) < 4.78 is 17.1. The van der Waals surface area contributed by atoms with Crippen molar-refractivity contribution in [3.63, 3.8) is 0 Å². The number of hydrogen-bond acceptors (Lipinski definition) is 5. The Morgan fingerprint density at radius 2 is 1.82 bits per heavy atom. The molecule has 0 atom stereocenters. The van der Waals surface area contributed by atoms with E-state index in [1.807, 2.05) is 54.7 Å². The van der Waals surface area contributed by atoms with Gasteiger partial charge in [0.1, 0.15) is 0 Å². The van der Waals surface area contributed by atoms with Gasteiger partial charge in [-0.2, -0.15) is 4.98 Å². The summed E-state index contributed by atoms with van der Waals surface area (Å²) in [5.74, 6) is 1.08. The van der Waals surface area contributed by atoms with Crippen LogP contribution in [0, 0.1) is 0 Å². The van der Waals surface area contributed by atoms with E-state index in [0.717, 1.165) is 53.6 Å². The highest BCUT2D eigenvalue weighted by Gasteiger charge is 2.18. The van der Waals surface area contributed by atoms with Crippen molar-refractivity contribution in [2.45, 2.75) is 25.6 Å². The molecular weight excluding hydrogens is 354 g/mol. The lowest BCUT2D eigenvalue weighted by Gasteiger charge is -2.22. The lowest BCUT2D eigenvalue weighted by molar-refractivity contribution is -0.0389. The molecular formula is C22H21N3O3. The van der Waals surface area contributed by atoms with Gasteiger partial charge in [-0.15, -0.1) is 0 Å². The maximum absolute atomic E-state index is 6.09. The van der Waals surface area contributed by atoms with E-state index in [2.05, 4.69) is 15.1 Å². The van der Waals surface area contributed by atoms with Crippen LogP contribution < -0.4 is 0 Å². The molecule has 0 saturated carbocycles. The minimum atomic E-state index is 0.242. The van der Waals surface area contributed by atoms with Crippen LogP contribution in [-0.2, 0) is 16.1 Å². The summed E-state index contributed by atoms with van der Waals surface area (Å²) >= 11 is 0. The van der Waals surface area contributed by atoms with Crippen LogP contribution in [0.25, 0.3) is 33.7 Å². The Kier molecular flexibility index (Phi) is 4.64. The van der Waals surface area contributed by atoms with E-state index in [-0.39, 0.29) is 6.10 Å². The Labute approximate surface area is 162 Å². The molecule has 1 saturated heterocycles. The highest BCUT2D eigenvalue weighted by atomic mass is 16.5. The Bertz CT molecular complexity index is 1080. The van der Waals surface area contributed by atoms with E-state index in [1.165, 1.54) is 0 Å². The molecule has 142 valence electrons. The number of aromatic nitrogens is 3. The first-order chi connectivity index (χ1) is 13.9. The molecule has 6 nitrogen and oxygen atoms in total. The van der Waals surface area contributed by atoms with Crippen molar-refractivity contribution in [1.82, 2.24) is 15.1 Å².